The number of aromatic amines is 1. The largest absolute Gasteiger partial charge is 0.461 e. The van der Waals surface area contributed by atoms with Crippen LogP contribution < -0.4 is 5.32 Å². The summed E-state index contributed by atoms with van der Waals surface area (Å²) in [4.78, 5) is 13.9. The number of piperazine rings is 1. The number of furan rings is 1. The van der Waals surface area contributed by atoms with E-state index in [-0.39, 0.29) is 24.0 Å². The van der Waals surface area contributed by atoms with Gasteiger partial charge in [0.05, 0.1) is 6.26 Å². The van der Waals surface area contributed by atoms with Crippen molar-refractivity contribution in [3.63, 3.8) is 0 Å². The lowest BCUT2D eigenvalue weighted by Crippen LogP contribution is -2.53. The maximum atomic E-state index is 5.34. The number of hydrogen-bond donors (Lipinski definition) is 2. The third kappa shape index (κ3) is 5.89. The molecule has 0 amide bonds. The van der Waals surface area contributed by atoms with E-state index in [9.17, 15) is 0 Å². The van der Waals surface area contributed by atoms with Gasteiger partial charge in [-0.1, -0.05) is 37.3 Å². The van der Waals surface area contributed by atoms with Crippen molar-refractivity contribution in [2.45, 2.75) is 25.8 Å². The Kier molecular flexibility index (Phi) is 9.10. The molecule has 0 radical (unpaired) electrons. The lowest BCUT2D eigenvalue weighted by molar-refractivity contribution is 0.127. The molecule has 1 aliphatic heterocycles. The van der Waals surface area contributed by atoms with Crippen LogP contribution in [0.5, 0.6) is 0 Å². The molecule has 1 saturated heterocycles. The monoisotopic (exact) mass is 549 g/mol. The maximum Gasteiger partial charge on any atom is 0.216 e. The van der Waals surface area contributed by atoms with Crippen LogP contribution in [0.3, 0.4) is 0 Å². The maximum absolute atomic E-state index is 5.34. The standard InChI is InChI=1S/C23H31N7O.HI/c1-3-19(18-8-5-4-6-9-18)29-13-15-30(16-14-29)23(24-2)25-12-11-21-26-22(28-27-21)20-10-7-17-31-20;/h4-10,17,19H,3,11-16H2,1-2H3,(H,24,25)(H,26,27,28);1H. The average Bonchev–Trinajstić information content (AvgIpc) is 3.51. The molecule has 32 heavy (non-hydrogen) atoms. The zero-order chi connectivity index (χ0) is 21.5. The quantitative estimate of drug-likeness (QED) is 0.267. The lowest BCUT2D eigenvalue weighted by Gasteiger charge is -2.40. The third-order valence-corrected chi connectivity index (χ3v) is 5.76. The molecule has 4 rings (SSSR count). The fourth-order valence-electron chi connectivity index (χ4n) is 4.17. The number of aliphatic imine (C=N–C) groups is 1. The normalized spacial score (nSPS) is 15.9. The fraction of sp³-hybridized carbons (Fsp3) is 0.435. The zero-order valence-corrected chi connectivity index (χ0v) is 21.0. The lowest BCUT2D eigenvalue weighted by atomic mass is 10.0. The topological polar surface area (TPSA) is 85.6 Å². The second-order valence-corrected chi connectivity index (χ2v) is 7.66. The van der Waals surface area contributed by atoms with Crippen molar-refractivity contribution in [1.82, 2.24) is 30.3 Å². The van der Waals surface area contributed by atoms with Gasteiger partial charge in [0.1, 0.15) is 5.82 Å². The minimum atomic E-state index is 0. The van der Waals surface area contributed by atoms with E-state index in [0.29, 0.717) is 17.6 Å². The minimum Gasteiger partial charge on any atom is -0.461 e. The molecule has 0 aliphatic carbocycles. The Morgan fingerprint density at radius 1 is 1.16 bits per heavy atom. The van der Waals surface area contributed by atoms with Crippen molar-refractivity contribution < 1.29 is 4.42 Å². The Morgan fingerprint density at radius 2 is 1.94 bits per heavy atom. The van der Waals surface area contributed by atoms with Gasteiger partial charge in [0.25, 0.3) is 0 Å². The Balaban J connectivity index is 0.00000289. The van der Waals surface area contributed by atoms with E-state index >= 15 is 0 Å². The molecule has 9 heteroatoms. The van der Waals surface area contributed by atoms with Gasteiger partial charge >= 0.3 is 0 Å². The van der Waals surface area contributed by atoms with Crippen LogP contribution >= 0.6 is 24.0 Å². The van der Waals surface area contributed by atoms with Crippen molar-refractivity contribution in [1.29, 1.82) is 0 Å². The van der Waals surface area contributed by atoms with E-state index in [4.69, 9.17) is 4.42 Å². The molecule has 3 heterocycles. The fourth-order valence-corrected chi connectivity index (χ4v) is 4.17. The van der Waals surface area contributed by atoms with Gasteiger partial charge in [-0.05, 0) is 24.1 Å². The summed E-state index contributed by atoms with van der Waals surface area (Å²) in [5.74, 6) is 3.03. The molecule has 1 aliphatic rings. The first kappa shape index (κ1) is 24.2. The van der Waals surface area contributed by atoms with E-state index in [1.807, 2.05) is 19.2 Å². The summed E-state index contributed by atoms with van der Waals surface area (Å²) >= 11 is 0. The van der Waals surface area contributed by atoms with Gasteiger partial charge in [0.2, 0.25) is 5.82 Å². The van der Waals surface area contributed by atoms with Crippen molar-refractivity contribution in [2.24, 2.45) is 4.99 Å². The van der Waals surface area contributed by atoms with Crippen LogP contribution in [0.2, 0.25) is 0 Å². The van der Waals surface area contributed by atoms with Crippen LogP contribution in [0.1, 0.15) is 30.8 Å². The molecule has 1 atom stereocenters. The van der Waals surface area contributed by atoms with E-state index < -0.39 is 0 Å². The van der Waals surface area contributed by atoms with Crippen LogP contribution in [-0.2, 0) is 6.42 Å². The average molecular weight is 549 g/mol. The van der Waals surface area contributed by atoms with Crippen LogP contribution in [0.15, 0.2) is 58.1 Å². The first-order valence-corrected chi connectivity index (χ1v) is 11.0. The summed E-state index contributed by atoms with van der Waals surface area (Å²) in [5, 5.41) is 10.7. The summed E-state index contributed by atoms with van der Waals surface area (Å²) in [6.07, 6.45) is 3.48. The van der Waals surface area contributed by atoms with Gasteiger partial charge in [-0.25, -0.2) is 4.98 Å². The summed E-state index contributed by atoms with van der Waals surface area (Å²) in [6, 6.07) is 15.0. The summed E-state index contributed by atoms with van der Waals surface area (Å²) < 4.78 is 5.34. The van der Waals surface area contributed by atoms with Crippen LogP contribution in [0.25, 0.3) is 11.6 Å². The number of hydrogen-bond acceptors (Lipinski definition) is 5. The molecule has 8 nitrogen and oxygen atoms in total. The number of aromatic nitrogens is 3. The second-order valence-electron chi connectivity index (χ2n) is 7.66. The van der Waals surface area contributed by atoms with Crippen LogP contribution in [-0.4, -0.2) is 70.7 Å². The minimum absolute atomic E-state index is 0. The Labute approximate surface area is 206 Å². The molecule has 172 valence electrons. The molecule has 2 N–H and O–H groups in total. The molecule has 1 fully saturated rings. The highest BCUT2D eigenvalue weighted by atomic mass is 127. The van der Waals surface area contributed by atoms with Crippen LogP contribution in [0, 0.1) is 0 Å². The van der Waals surface area contributed by atoms with Gasteiger partial charge in [0.15, 0.2) is 11.7 Å². The molecule has 1 aromatic carbocycles. The van der Waals surface area contributed by atoms with E-state index in [1.54, 1.807) is 6.26 Å². The van der Waals surface area contributed by atoms with Crippen molar-refractivity contribution in [3.05, 3.63) is 60.1 Å². The number of nitrogens with zero attached hydrogens (tertiary/aromatic N) is 5. The van der Waals surface area contributed by atoms with Gasteiger partial charge in [-0.2, -0.15) is 5.10 Å². The van der Waals surface area contributed by atoms with E-state index in [0.717, 1.165) is 57.3 Å². The van der Waals surface area contributed by atoms with Crippen LogP contribution in [0.4, 0.5) is 0 Å². The highest BCUT2D eigenvalue weighted by molar-refractivity contribution is 14.0. The Bertz CT molecular complexity index is 950. The smallest absolute Gasteiger partial charge is 0.216 e. The van der Waals surface area contributed by atoms with Gasteiger partial charge in [-0.15, -0.1) is 24.0 Å². The van der Waals surface area contributed by atoms with Gasteiger partial charge in [-0.3, -0.25) is 15.0 Å². The molecule has 2 aromatic heterocycles. The molecule has 3 aromatic rings. The molecular weight excluding hydrogens is 517 g/mol. The van der Waals surface area contributed by atoms with Gasteiger partial charge in [0, 0.05) is 52.2 Å². The predicted molar refractivity (Wildman–Crippen MR) is 137 cm³/mol. The summed E-state index contributed by atoms with van der Waals surface area (Å²) in [5.41, 5.74) is 1.40. The first-order valence-electron chi connectivity index (χ1n) is 11.0. The Morgan fingerprint density at radius 3 is 2.59 bits per heavy atom. The highest BCUT2D eigenvalue weighted by Gasteiger charge is 2.25. The third-order valence-electron chi connectivity index (χ3n) is 5.76. The molecule has 0 saturated carbocycles. The molecule has 0 bridgehead atoms. The Hall–Kier alpha value is -2.40. The summed E-state index contributed by atoms with van der Waals surface area (Å²) in [6.45, 7) is 7.00. The molecular formula is C23H32IN7O. The number of nitrogens with one attached hydrogen (secondary N) is 2. The SMILES string of the molecule is CCC(c1ccccc1)N1CCN(C(=NC)NCCc2nc(-c3ccco3)n[nH]2)CC1.I. The number of halogens is 1. The second kappa shape index (κ2) is 12.0. The zero-order valence-electron chi connectivity index (χ0n) is 18.7. The van der Waals surface area contributed by atoms with E-state index in [1.165, 1.54) is 5.56 Å². The van der Waals surface area contributed by atoms with Crippen molar-refractivity contribution >= 4 is 29.9 Å². The van der Waals surface area contributed by atoms with Gasteiger partial charge < -0.3 is 14.6 Å². The summed E-state index contributed by atoms with van der Waals surface area (Å²) in [7, 11) is 1.84. The number of rotatable bonds is 7. The number of H-pyrrole nitrogens is 1. The highest BCUT2D eigenvalue weighted by Crippen LogP contribution is 2.25. The number of benzene rings is 1. The predicted octanol–water partition coefficient (Wildman–Crippen LogP) is 3.57. The van der Waals surface area contributed by atoms with Crippen molar-refractivity contribution in [2.75, 3.05) is 39.8 Å². The molecule has 1 unspecified atom stereocenters. The molecule has 0 spiro atoms. The first-order chi connectivity index (χ1) is 15.3. The van der Waals surface area contributed by atoms with Crippen molar-refractivity contribution in [3.8, 4) is 11.6 Å². The number of guanidine groups is 1. The van der Waals surface area contributed by atoms with E-state index in [2.05, 4.69) is 72.5 Å².